The molecule has 124 valence electrons. The van der Waals surface area contributed by atoms with Crippen LogP contribution >= 0.6 is 0 Å². The molecule has 6 nitrogen and oxygen atoms in total. The fraction of sp³-hybridized carbons (Fsp3) is 0.278. The summed E-state index contributed by atoms with van der Waals surface area (Å²) in [5, 5.41) is 11.5. The number of carbonyl (C=O) groups excluding carboxylic acids is 1. The quantitative estimate of drug-likeness (QED) is 0.852. The number of nitrogens with one attached hydrogen (secondary N) is 1. The van der Waals surface area contributed by atoms with E-state index in [1.807, 2.05) is 0 Å². The van der Waals surface area contributed by atoms with Crippen molar-refractivity contribution in [2.24, 2.45) is 0 Å². The number of hydrogen-bond acceptors (Lipinski definition) is 4. The first kappa shape index (κ1) is 16.0. The summed E-state index contributed by atoms with van der Waals surface area (Å²) in [6, 6.07) is 9.99. The predicted molar refractivity (Wildman–Crippen MR) is 88.2 cm³/mol. The number of aromatic nitrogens is 1. The van der Waals surface area contributed by atoms with Gasteiger partial charge in [-0.3, -0.25) is 9.59 Å². The summed E-state index contributed by atoms with van der Waals surface area (Å²) in [5.41, 5.74) is 1.75. The summed E-state index contributed by atoms with van der Waals surface area (Å²) in [4.78, 5) is 27.1. The maximum absolute atomic E-state index is 12.3. The van der Waals surface area contributed by atoms with E-state index in [0.717, 1.165) is 12.8 Å². The van der Waals surface area contributed by atoms with Crippen LogP contribution in [0.1, 0.15) is 35.2 Å². The van der Waals surface area contributed by atoms with Gasteiger partial charge in [0.15, 0.2) is 0 Å². The molecular weight excluding hydrogens is 308 g/mol. The molecule has 1 saturated carbocycles. The molecule has 0 spiro atoms. The number of hydrogen-bond donors (Lipinski definition) is 2. The Morgan fingerprint density at radius 1 is 1.21 bits per heavy atom. The van der Waals surface area contributed by atoms with Gasteiger partial charge in [-0.15, -0.1) is 0 Å². The largest absolute Gasteiger partial charge is 0.481 e. The van der Waals surface area contributed by atoms with Crippen molar-refractivity contribution in [2.75, 3.05) is 5.32 Å². The van der Waals surface area contributed by atoms with E-state index in [-0.39, 0.29) is 18.4 Å². The van der Waals surface area contributed by atoms with Crippen LogP contribution in [0.2, 0.25) is 0 Å². The average Bonchev–Trinajstić information content (AvgIpc) is 2.53. The predicted octanol–water partition coefficient (Wildman–Crippen LogP) is 2.89. The second kappa shape index (κ2) is 7.12. The first-order chi connectivity index (χ1) is 11.6. The third-order valence-electron chi connectivity index (χ3n) is 3.90. The van der Waals surface area contributed by atoms with Crippen LogP contribution in [0, 0.1) is 0 Å². The summed E-state index contributed by atoms with van der Waals surface area (Å²) in [6.45, 7) is 0. The molecule has 1 heterocycles. The van der Waals surface area contributed by atoms with Crippen LogP contribution in [0.5, 0.6) is 5.88 Å². The molecule has 1 aromatic carbocycles. The number of pyridine rings is 1. The lowest BCUT2D eigenvalue weighted by molar-refractivity contribution is -0.136. The summed E-state index contributed by atoms with van der Waals surface area (Å²) in [7, 11) is 0. The zero-order valence-electron chi connectivity index (χ0n) is 13.1. The van der Waals surface area contributed by atoms with E-state index in [9.17, 15) is 9.59 Å². The normalized spacial score (nSPS) is 13.8. The van der Waals surface area contributed by atoms with Crippen molar-refractivity contribution in [2.45, 2.75) is 31.8 Å². The topological polar surface area (TPSA) is 88.5 Å². The second-order valence-corrected chi connectivity index (χ2v) is 5.78. The Kier molecular flexibility index (Phi) is 4.74. The fourth-order valence-electron chi connectivity index (χ4n) is 2.36. The van der Waals surface area contributed by atoms with Crippen molar-refractivity contribution in [3.63, 3.8) is 0 Å². The highest BCUT2D eigenvalue weighted by Gasteiger charge is 2.20. The first-order valence-corrected chi connectivity index (χ1v) is 7.85. The van der Waals surface area contributed by atoms with Crippen LogP contribution in [-0.4, -0.2) is 28.1 Å². The molecule has 24 heavy (non-hydrogen) atoms. The van der Waals surface area contributed by atoms with Gasteiger partial charge in [0.1, 0.15) is 6.10 Å². The Morgan fingerprint density at radius 3 is 2.58 bits per heavy atom. The molecule has 3 rings (SSSR count). The monoisotopic (exact) mass is 326 g/mol. The minimum atomic E-state index is -0.887. The van der Waals surface area contributed by atoms with Gasteiger partial charge in [0.25, 0.3) is 5.91 Å². The molecule has 1 amide bonds. The van der Waals surface area contributed by atoms with Crippen LogP contribution in [0.4, 0.5) is 5.69 Å². The highest BCUT2D eigenvalue weighted by Crippen LogP contribution is 2.24. The summed E-state index contributed by atoms with van der Waals surface area (Å²) in [5.74, 6) is -0.687. The summed E-state index contributed by atoms with van der Waals surface area (Å²) >= 11 is 0. The smallest absolute Gasteiger partial charge is 0.307 e. The number of benzene rings is 1. The molecule has 6 heteroatoms. The lowest BCUT2D eigenvalue weighted by atomic mass is 9.96. The van der Waals surface area contributed by atoms with Crippen LogP contribution in [-0.2, 0) is 11.2 Å². The SMILES string of the molecule is O=C(O)Cc1ccc(NC(=O)c2ccnc(OC3CCC3)c2)cc1. The number of carboxylic acids is 1. The van der Waals surface area contributed by atoms with Crippen LogP contribution in [0.3, 0.4) is 0 Å². The van der Waals surface area contributed by atoms with Crippen molar-refractivity contribution in [1.82, 2.24) is 4.98 Å². The third kappa shape index (κ3) is 4.10. The molecule has 0 atom stereocenters. The van der Waals surface area contributed by atoms with Crippen molar-refractivity contribution < 1.29 is 19.4 Å². The standard InChI is InChI=1S/C18H18N2O4/c21-17(22)10-12-4-6-14(7-5-12)20-18(23)13-8-9-19-16(11-13)24-15-2-1-3-15/h4-9,11,15H,1-3,10H2,(H,20,23)(H,21,22). The number of anilines is 1. The number of ether oxygens (including phenoxy) is 1. The lowest BCUT2D eigenvalue weighted by Crippen LogP contribution is -2.25. The van der Waals surface area contributed by atoms with E-state index >= 15 is 0 Å². The number of amides is 1. The maximum atomic E-state index is 12.3. The molecule has 0 radical (unpaired) electrons. The zero-order valence-corrected chi connectivity index (χ0v) is 13.1. The van der Waals surface area contributed by atoms with Crippen LogP contribution in [0.25, 0.3) is 0 Å². The molecule has 1 aromatic heterocycles. The Labute approximate surface area is 139 Å². The highest BCUT2D eigenvalue weighted by molar-refractivity contribution is 6.04. The summed E-state index contributed by atoms with van der Waals surface area (Å²) in [6.07, 6.45) is 4.95. The zero-order chi connectivity index (χ0) is 16.9. The Morgan fingerprint density at radius 2 is 1.96 bits per heavy atom. The molecule has 1 aliphatic rings. The summed E-state index contributed by atoms with van der Waals surface area (Å²) < 4.78 is 5.70. The number of nitrogens with zero attached hydrogens (tertiary/aromatic N) is 1. The molecule has 0 aliphatic heterocycles. The van der Waals surface area contributed by atoms with Gasteiger partial charge < -0.3 is 15.2 Å². The van der Waals surface area contributed by atoms with Crippen molar-refractivity contribution in [3.05, 3.63) is 53.7 Å². The van der Waals surface area contributed by atoms with Crippen molar-refractivity contribution >= 4 is 17.6 Å². The second-order valence-electron chi connectivity index (χ2n) is 5.78. The van der Waals surface area contributed by atoms with Gasteiger partial charge in [-0.25, -0.2) is 4.98 Å². The molecule has 2 aromatic rings. The molecule has 0 saturated heterocycles. The molecule has 1 aliphatic carbocycles. The van der Waals surface area contributed by atoms with E-state index in [1.165, 1.54) is 6.42 Å². The van der Waals surface area contributed by atoms with Crippen molar-refractivity contribution in [1.29, 1.82) is 0 Å². The van der Waals surface area contributed by atoms with E-state index in [2.05, 4.69) is 10.3 Å². The Bertz CT molecular complexity index is 739. The molecule has 0 bridgehead atoms. The Hall–Kier alpha value is -2.89. The molecular formula is C18H18N2O4. The molecule has 2 N–H and O–H groups in total. The van der Waals surface area contributed by atoms with Gasteiger partial charge in [-0.1, -0.05) is 12.1 Å². The minimum absolute atomic E-state index is 0.0412. The molecule has 1 fully saturated rings. The van der Waals surface area contributed by atoms with Gasteiger partial charge in [-0.2, -0.15) is 0 Å². The van der Waals surface area contributed by atoms with Gasteiger partial charge in [0, 0.05) is 23.5 Å². The van der Waals surface area contributed by atoms with Crippen LogP contribution in [0.15, 0.2) is 42.6 Å². The van der Waals surface area contributed by atoms with Gasteiger partial charge in [0.2, 0.25) is 5.88 Å². The first-order valence-electron chi connectivity index (χ1n) is 7.85. The fourth-order valence-corrected chi connectivity index (χ4v) is 2.36. The Balaban J connectivity index is 1.63. The highest BCUT2D eigenvalue weighted by atomic mass is 16.5. The average molecular weight is 326 g/mol. The third-order valence-corrected chi connectivity index (χ3v) is 3.90. The minimum Gasteiger partial charge on any atom is -0.481 e. The lowest BCUT2D eigenvalue weighted by Gasteiger charge is -2.25. The number of rotatable bonds is 6. The number of carbonyl (C=O) groups is 2. The van der Waals surface area contributed by atoms with Gasteiger partial charge in [-0.05, 0) is 43.0 Å². The maximum Gasteiger partial charge on any atom is 0.307 e. The van der Waals surface area contributed by atoms with Crippen molar-refractivity contribution in [3.8, 4) is 5.88 Å². The van der Waals surface area contributed by atoms with E-state index in [0.29, 0.717) is 22.7 Å². The van der Waals surface area contributed by atoms with E-state index < -0.39 is 5.97 Å². The van der Waals surface area contributed by atoms with Gasteiger partial charge in [0.05, 0.1) is 6.42 Å². The number of aliphatic carboxylic acids is 1. The van der Waals surface area contributed by atoms with Crippen LogP contribution < -0.4 is 10.1 Å². The van der Waals surface area contributed by atoms with Gasteiger partial charge >= 0.3 is 5.97 Å². The molecule has 0 unspecified atom stereocenters. The van der Waals surface area contributed by atoms with E-state index in [1.54, 1.807) is 42.6 Å². The number of carboxylic acid groups (broad SMARTS) is 1. The van der Waals surface area contributed by atoms with E-state index in [4.69, 9.17) is 9.84 Å².